The summed E-state index contributed by atoms with van der Waals surface area (Å²) in [6, 6.07) is -0.134. The predicted octanol–water partition coefficient (Wildman–Crippen LogP) is 2.25. The van der Waals surface area contributed by atoms with Crippen LogP contribution in [0.4, 0.5) is 0 Å². The molecule has 110 valence electrons. The number of ether oxygens (including phenoxy) is 1. The lowest BCUT2D eigenvalue weighted by Crippen LogP contribution is -2.29. The summed E-state index contributed by atoms with van der Waals surface area (Å²) in [5.74, 6) is -0.508. The lowest BCUT2D eigenvalue weighted by molar-refractivity contribution is -0.143. The zero-order valence-corrected chi connectivity index (χ0v) is 13.0. The van der Waals surface area contributed by atoms with E-state index in [1.807, 2.05) is 12.3 Å². The molecule has 0 spiro atoms. The van der Waals surface area contributed by atoms with Crippen molar-refractivity contribution in [2.45, 2.75) is 39.2 Å². The van der Waals surface area contributed by atoms with Gasteiger partial charge in [-0.1, -0.05) is 13.8 Å². The first kappa shape index (κ1) is 15.0. The first-order valence-corrected chi connectivity index (χ1v) is 7.65. The molecular weight excluding hydrogens is 276 g/mol. The van der Waals surface area contributed by atoms with Crippen molar-refractivity contribution in [3.05, 3.63) is 16.1 Å². The Balaban J connectivity index is 1.90. The van der Waals surface area contributed by atoms with E-state index in [0.717, 1.165) is 10.7 Å². The summed E-state index contributed by atoms with van der Waals surface area (Å²) in [7, 11) is 1.35. The number of thiazole rings is 1. The number of carbonyl (C=O) groups is 2. The van der Waals surface area contributed by atoms with Crippen LogP contribution in [-0.4, -0.2) is 24.0 Å². The number of methoxy groups -OCH3 is 1. The fourth-order valence-electron chi connectivity index (χ4n) is 2.06. The van der Waals surface area contributed by atoms with Gasteiger partial charge in [0, 0.05) is 11.3 Å². The molecule has 6 heteroatoms. The minimum absolute atomic E-state index is 0.0907. The highest BCUT2D eigenvalue weighted by atomic mass is 32.1. The molecule has 1 aromatic rings. The zero-order chi connectivity index (χ0) is 14.9. The van der Waals surface area contributed by atoms with Crippen molar-refractivity contribution in [2.75, 3.05) is 7.11 Å². The summed E-state index contributed by atoms with van der Waals surface area (Å²) < 4.78 is 4.64. The van der Waals surface area contributed by atoms with Crippen molar-refractivity contribution in [1.82, 2.24) is 10.3 Å². The Kier molecular flexibility index (Phi) is 4.42. The molecule has 3 atom stereocenters. The van der Waals surface area contributed by atoms with Crippen molar-refractivity contribution in [1.29, 1.82) is 0 Å². The quantitative estimate of drug-likeness (QED) is 0.846. The van der Waals surface area contributed by atoms with Gasteiger partial charge in [0.05, 0.1) is 35.7 Å². The lowest BCUT2D eigenvalue weighted by Gasteiger charge is -2.11. The normalized spacial score (nSPS) is 22.4. The first-order chi connectivity index (χ1) is 9.43. The summed E-state index contributed by atoms with van der Waals surface area (Å²) >= 11 is 1.61. The van der Waals surface area contributed by atoms with Gasteiger partial charge in [-0.15, -0.1) is 11.3 Å². The van der Waals surface area contributed by atoms with Gasteiger partial charge in [0.2, 0.25) is 5.91 Å². The minimum atomic E-state index is -0.298. The molecule has 1 saturated carbocycles. The van der Waals surface area contributed by atoms with E-state index in [2.05, 4.69) is 28.9 Å². The molecule has 5 nitrogen and oxygen atoms in total. The van der Waals surface area contributed by atoms with Crippen LogP contribution in [0.5, 0.6) is 0 Å². The minimum Gasteiger partial charge on any atom is -0.469 e. The second-order valence-corrected chi connectivity index (χ2v) is 6.36. The van der Waals surface area contributed by atoms with Crippen LogP contribution in [-0.2, 0) is 14.3 Å². The monoisotopic (exact) mass is 296 g/mol. The van der Waals surface area contributed by atoms with Gasteiger partial charge in [-0.3, -0.25) is 9.59 Å². The highest BCUT2D eigenvalue weighted by Crippen LogP contribution is 2.40. The van der Waals surface area contributed by atoms with Crippen LogP contribution in [0.2, 0.25) is 0 Å². The summed E-state index contributed by atoms with van der Waals surface area (Å²) in [6.45, 7) is 6.10. The number of esters is 1. The van der Waals surface area contributed by atoms with E-state index >= 15 is 0 Å². The molecule has 1 N–H and O–H groups in total. The van der Waals surface area contributed by atoms with Crippen LogP contribution in [0.25, 0.3) is 0 Å². The molecule has 0 saturated heterocycles. The Labute approximate surface area is 122 Å². The van der Waals surface area contributed by atoms with Crippen LogP contribution in [0.15, 0.2) is 5.38 Å². The Morgan fingerprint density at radius 3 is 2.65 bits per heavy atom. The van der Waals surface area contributed by atoms with Crippen molar-refractivity contribution in [3.8, 4) is 0 Å². The van der Waals surface area contributed by atoms with Crippen LogP contribution in [0, 0.1) is 11.8 Å². The Morgan fingerprint density at radius 2 is 2.10 bits per heavy atom. The highest BCUT2D eigenvalue weighted by molar-refractivity contribution is 7.09. The molecule has 1 fully saturated rings. The van der Waals surface area contributed by atoms with Gasteiger partial charge in [0.1, 0.15) is 0 Å². The van der Waals surface area contributed by atoms with E-state index in [4.69, 9.17) is 0 Å². The largest absolute Gasteiger partial charge is 0.469 e. The van der Waals surface area contributed by atoms with E-state index in [9.17, 15) is 9.59 Å². The molecule has 0 radical (unpaired) electrons. The third-order valence-corrected chi connectivity index (χ3v) is 4.63. The average Bonchev–Trinajstić information content (AvgIpc) is 3.05. The summed E-state index contributed by atoms with van der Waals surface area (Å²) in [6.07, 6.45) is 0.583. The van der Waals surface area contributed by atoms with Crippen LogP contribution in [0.1, 0.15) is 49.9 Å². The topological polar surface area (TPSA) is 68.3 Å². The highest BCUT2D eigenvalue weighted by Gasteiger charge is 2.49. The number of nitrogens with one attached hydrogen (secondary N) is 1. The first-order valence-electron chi connectivity index (χ1n) is 6.77. The molecule has 1 heterocycles. The molecule has 1 amide bonds. The van der Waals surface area contributed by atoms with E-state index in [1.54, 1.807) is 11.3 Å². The zero-order valence-electron chi connectivity index (χ0n) is 12.2. The third-order valence-electron chi connectivity index (χ3n) is 3.47. The maximum atomic E-state index is 12.0. The van der Waals surface area contributed by atoms with E-state index in [0.29, 0.717) is 12.3 Å². The summed E-state index contributed by atoms with van der Waals surface area (Å²) in [5, 5.41) is 5.96. The van der Waals surface area contributed by atoms with Crippen molar-refractivity contribution >= 4 is 23.2 Å². The molecular formula is C14H20N2O3S. The molecule has 0 bridgehead atoms. The molecule has 0 aromatic carbocycles. The SMILES string of the molecule is COC(=O)[C@@H]1C[C@H]1C(=O)N[C@@H](C)c1csc(C(C)C)n1. The van der Waals surface area contributed by atoms with Gasteiger partial charge in [-0.25, -0.2) is 4.98 Å². The van der Waals surface area contributed by atoms with Gasteiger partial charge in [0.15, 0.2) is 0 Å². The average molecular weight is 296 g/mol. The van der Waals surface area contributed by atoms with E-state index in [-0.39, 0.29) is 29.8 Å². The number of hydrogen-bond acceptors (Lipinski definition) is 5. The number of nitrogens with zero attached hydrogens (tertiary/aromatic N) is 1. The number of amides is 1. The Hall–Kier alpha value is -1.43. The number of carbonyl (C=O) groups excluding carboxylic acids is 2. The molecule has 20 heavy (non-hydrogen) atoms. The second-order valence-electron chi connectivity index (χ2n) is 5.47. The van der Waals surface area contributed by atoms with Crippen LogP contribution >= 0.6 is 11.3 Å². The maximum absolute atomic E-state index is 12.0. The van der Waals surface area contributed by atoms with Gasteiger partial charge in [-0.2, -0.15) is 0 Å². The fraction of sp³-hybridized carbons (Fsp3) is 0.643. The summed E-state index contributed by atoms with van der Waals surface area (Å²) in [4.78, 5) is 27.9. The number of rotatable bonds is 5. The smallest absolute Gasteiger partial charge is 0.309 e. The van der Waals surface area contributed by atoms with Gasteiger partial charge in [0.25, 0.3) is 0 Å². The van der Waals surface area contributed by atoms with Crippen molar-refractivity contribution < 1.29 is 14.3 Å². The van der Waals surface area contributed by atoms with Gasteiger partial charge >= 0.3 is 5.97 Å². The predicted molar refractivity (Wildman–Crippen MR) is 76.4 cm³/mol. The van der Waals surface area contributed by atoms with E-state index < -0.39 is 0 Å². The molecule has 2 rings (SSSR count). The lowest BCUT2D eigenvalue weighted by atomic mass is 10.2. The van der Waals surface area contributed by atoms with Crippen molar-refractivity contribution in [2.24, 2.45) is 11.8 Å². The van der Waals surface area contributed by atoms with Gasteiger partial charge in [-0.05, 0) is 13.3 Å². The molecule has 1 aromatic heterocycles. The standard InChI is InChI=1S/C14H20N2O3S/c1-7(2)13-16-11(6-20-13)8(3)15-12(17)9-5-10(9)14(18)19-4/h6-10H,5H2,1-4H3,(H,15,17)/t8-,9+,10+/m0/s1. The van der Waals surface area contributed by atoms with E-state index in [1.165, 1.54) is 7.11 Å². The Bertz CT molecular complexity index is 512. The fourth-order valence-corrected chi connectivity index (χ4v) is 2.98. The molecule has 1 aliphatic carbocycles. The van der Waals surface area contributed by atoms with Crippen LogP contribution in [0.3, 0.4) is 0 Å². The summed E-state index contributed by atoms with van der Waals surface area (Å²) in [5.41, 5.74) is 0.877. The molecule has 0 aliphatic heterocycles. The third kappa shape index (κ3) is 3.17. The maximum Gasteiger partial charge on any atom is 0.309 e. The number of hydrogen-bond donors (Lipinski definition) is 1. The second kappa shape index (κ2) is 5.91. The Morgan fingerprint density at radius 1 is 1.40 bits per heavy atom. The van der Waals surface area contributed by atoms with Gasteiger partial charge < -0.3 is 10.1 Å². The van der Waals surface area contributed by atoms with Crippen LogP contribution < -0.4 is 5.32 Å². The number of aromatic nitrogens is 1. The molecule has 1 aliphatic rings. The molecule has 0 unspecified atom stereocenters. The van der Waals surface area contributed by atoms with Crippen molar-refractivity contribution in [3.63, 3.8) is 0 Å².